The number of aromatic nitrogens is 2. The molecule has 0 aliphatic heterocycles. The van der Waals surface area contributed by atoms with Gasteiger partial charge in [-0.2, -0.15) is 0 Å². The molecule has 4 rings (SSSR count). The third kappa shape index (κ3) is 5.13. The fourth-order valence-electron chi connectivity index (χ4n) is 3.62. The SMILES string of the molecule is O=C(CCc1nc(-c2ccccc2)nc2ccccc12)NCC(CO)c1ccccc1. The van der Waals surface area contributed by atoms with E-state index in [1.807, 2.05) is 84.9 Å². The molecular formula is C26H25N3O2. The number of nitrogens with one attached hydrogen (secondary N) is 1. The number of hydrogen-bond acceptors (Lipinski definition) is 4. The van der Waals surface area contributed by atoms with E-state index >= 15 is 0 Å². The summed E-state index contributed by atoms with van der Waals surface area (Å²) in [5.74, 6) is 0.493. The molecule has 5 heteroatoms. The zero-order valence-corrected chi connectivity index (χ0v) is 17.2. The molecule has 1 aromatic heterocycles. The van der Waals surface area contributed by atoms with Gasteiger partial charge in [0.15, 0.2) is 5.82 Å². The Balaban J connectivity index is 1.46. The molecule has 5 nitrogen and oxygen atoms in total. The van der Waals surface area contributed by atoms with E-state index in [9.17, 15) is 9.90 Å². The van der Waals surface area contributed by atoms with Gasteiger partial charge in [-0.3, -0.25) is 4.79 Å². The van der Waals surface area contributed by atoms with Crippen molar-refractivity contribution < 1.29 is 9.90 Å². The molecule has 31 heavy (non-hydrogen) atoms. The molecule has 156 valence electrons. The van der Waals surface area contributed by atoms with E-state index in [-0.39, 0.29) is 18.4 Å². The van der Waals surface area contributed by atoms with E-state index in [1.54, 1.807) is 0 Å². The largest absolute Gasteiger partial charge is 0.396 e. The van der Waals surface area contributed by atoms with Crippen LogP contribution < -0.4 is 5.32 Å². The highest BCUT2D eigenvalue weighted by Crippen LogP contribution is 2.22. The maximum Gasteiger partial charge on any atom is 0.220 e. The van der Waals surface area contributed by atoms with Crippen LogP contribution in [0.25, 0.3) is 22.3 Å². The molecule has 2 N–H and O–H groups in total. The Hall–Kier alpha value is -3.57. The summed E-state index contributed by atoms with van der Waals surface area (Å²) in [6.07, 6.45) is 0.839. The van der Waals surface area contributed by atoms with Crippen LogP contribution in [0, 0.1) is 0 Å². The summed E-state index contributed by atoms with van der Waals surface area (Å²) in [5.41, 5.74) is 3.70. The molecule has 1 unspecified atom stereocenters. The molecule has 1 heterocycles. The van der Waals surface area contributed by atoms with E-state index in [0.717, 1.165) is 27.7 Å². The number of carbonyl (C=O) groups is 1. The molecule has 1 amide bonds. The van der Waals surface area contributed by atoms with Crippen LogP contribution in [0.3, 0.4) is 0 Å². The van der Waals surface area contributed by atoms with Crippen molar-refractivity contribution in [3.8, 4) is 11.4 Å². The lowest BCUT2D eigenvalue weighted by Crippen LogP contribution is -2.30. The molecule has 3 aromatic carbocycles. The smallest absolute Gasteiger partial charge is 0.220 e. The zero-order valence-electron chi connectivity index (χ0n) is 17.2. The van der Waals surface area contributed by atoms with Gasteiger partial charge in [0.2, 0.25) is 5.91 Å². The summed E-state index contributed by atoms with van der Waals surface area (Å²) >= 11 is 0. The topological polar surface area (TPSA) is 75.1 Å². The molecule has 0 saturated carbocycles. The third-order valence-corrected chi connectivity index (χ3v) is 5.34. The van der Waals surface area contributed by atoms with Gasteiger partial charge >= 0.3 is 0 Å². The van der Waals surface area contributed by atoms with Gasteiger partial charge in [0, 0.05) is 29.8 Å². The van der Waals surface area contributed by atoms with Crippen molar-refractivity contribution in [2.45, 2.75) is 18.8 Å². The number of aliphatic hydroxyl groups excluding tert-OH is 1. The maximum atomic E-state index is 12.5. The third-order valence-electron chi connectivity index (χ3n) is 5.34. The lowest BCUT2D eigenvalue weighted by molar-refractivity contribution is -0.121. The van der Waals surface area contributed by atoms with Gasteiger partial charge in [-0.15, -0.1) is 0 Å². The first-order valence-corrected chi connectivity index (χ1v) is 10.5. The molecule has 0 aliphatic rings. The first kappa shape index (κ1) is 20.7. The van der Waals surface area contributed by atoms with Crippen LogP contribution in [0.5, 0.6) is 0 Å². The van der Waals surface area contributed by atoms with Crippen molar-refractivity contribution in [1.29, 1.82) is 0 Å². The van der Waals surface area contributed by atoms with Gasteiger partial charge < -0.3 is 10.4 Å². The number of carbonyl (C=O) groups excluding carboxylic acids is 1. The van der Waals surface area contributed by atoms with Gasteiger partial charge in [0.1, 0.15) is 0 Å². The van der Waals surface area contributed by atoms with Crippen molar-refractivity contribution in [1.82, 2.24) is 15.3 Å². The van der Waals surface area contributed by atoms with Crippen molar-refractivity contribution >= 4 is 16.8 Å². The van der Waals surface area contributed by atoms with E-state index in [0.29, 0.717) is 25.2 Å². The second kappa shape index (κ2) is 9.96. The summed E-state index contributed by atoms with van der Waals surface area (Å²) in [5, 5.41) is 13.6. The van der Waals surface area contributed by atoms with Crippen molar-refractivity contribution in [3.63, 3.8) is 0 Å². The summed E-state index contributed by atoms with van der Waals surface area (Å²) in [7, 11) is 0. The van der Waals surface area contributed by atoms with Crippen LogP contribution in [0.15, 0.2) is 84.9 Å². The zero-order chi connectivity index (χ0) is 21.5. The highest BCUT2D eigenvalue weighted by molar-refractivity contribution is 5.83. The molecule has 0 fully saturated rings. The Kier molecular flexibility index (Phi) is 6.65. The highest BCUT2D eigenvalue weighted by Gasteiger charge is 2.14. The second-order valence-electron chi connectivity index (χ2n) is 7.47. The van der Waals surface area contributed by atoms with Gasteiger partial charge in [-0.1, -0.05) is 78.9 Å². The fraction of sp³-hybridized carbons (Fsp3) is 0.192. The predicted molar refractivity (Wildman–Crippen MR) is 123 cm³/mol. The lowest BCUT2D eigenvalue weighted by atomic mass is 10.00. The van der Waals surface area contributed by atoms with E-state index in [4.69, 9.17) is 9.97 Å². The summed E-state index contributed by atoms with van der Waals surface area (Å²) in [4.78, 5) is 22.0. The van der Waals surface area contributed by atoms with Crippen LogP contribution in [0.4, 0.5) is 0 Å². The normalized spacial score (nSPS) is 11.9. The number of aryl methyl sites for hydroxylation is 1. The van der Waals surface area contributed by atoms with E-state index in [1.165, 1.54) is 0 Å². The minimum atomic E-state index is -0.116. The Morgan fingerprint density at radius 3 is 2.29 bits per heavy atom. The van der Waals surface area contributed by atoms with Gasteiger partial charge in [0.25, 0.3) is 0 Å². The number of benzene rings is 3. The van der Waals surface area contributed by atoms with Crippen LogP contribution in [0.1, 0.15) is 23.6 Å². The summed E-state index contributed by atoms with van der Waals surface area (Å²) in [6, 6.07) is 27.5. The molecule has 0 bridgehead atoms. The summed E-state index contributed by atoms with van der Waals surface area (Å²) < 4.78 is 0. The second-order valence-corrected chi connectivity index (χ2v) is 7.47. The highest BCUT2D eigenvalue weighted by atomic mass is 16.3. The number of rotatable bonds is 8. The monoisotopic (exact) mass is 411 g/mol. The number of fused-ring (bicyclic) bond motifs is 1. The van der Waals surface area contributed by atoms with Crippen molar-refractivity contribution in [2.24, 2.45) is 0 Å². The number of aliphatic hydroxyl groups is 1. The average Bonchev–Trinajstić information content (AvgIpc) is 2.84. The van der Waals surface area contributed by atoms with Crippen LogP contribution in [0.2, 0.25) is 0 Å². The molecular weight excluding hydrogens is 386 g/mol. The quantitative estimate of drug-likeness (QED) is 0.457. The Labute approximate surface area is 181 Å². The molecule has 0 aliphatic carbocycles. The molecule has 0 saturated heterocycles. The van der Waals surface area contributed by atoms with Crippen LogP contribution >= 0.6 is 0 Å². The van der Waals surface area contributed by atoms with Crippen LogP contribution in [-0.4, -0.2) is 34.1 Å². The van der Waals surface area contributed by atoms with E-state index in [2.05, 4.69) is 5.32 Å². The predicted octanol–water partition coefficient (Wildman–Crippen LogP) is 4.12. The molecule has 0 radical (unpaired) electrons. The minimum absolute atomic E-state index is 0.0126. The number of nitrogens with zero attached hydrogens (tertiary/aromatic N) is 2. The number of para-hydroxylation sites is 1. The van der Waals surface area contributed by atoms with Gasteiger partial charge in [0.05, 0.1) is 17.8 Å². The number of amides is 1. The standard InChI is InChI=1S/C26H25N3O2/c30-18-21(19-9-3-1-4-10-19)17-27-25(31)16-15-24-22-13-7-8-14-23(22)28-26(29-24)20-11-5-2-6-12-20/h1-14,21,30H,15-18H2,(H,27,31). The minimum Gasteiger partial charge on any atom is -0.396 e. The molecule has 4 aromatic rings. The van der Waals surface area contributed by atoms with Gasteiger partial charge in [-0.25, -0.2) is 9.97 Å². The van der Waals surface area contributed by atoms with Gasteiger partial charge in [-0.05, 0) is 18.1 Å². The average molecular weight is 412 g/mol. The Bertz CT molecular complexity index is 1150. The fourth-order valence-corrected chi connectivity index (χ4v) is 3.62. The molecule has 1 atom stereocenters. The first-order valence-electron chi connectivity index (χ1n) is 10.5. The Morgan fingerprint density at radius 2 is 1.55 bits per heavy atom. The number of hydrogen-bond donors (Lipinski definition) is 2. The summed E-state index contributed by atoms with van der Waals surface area (Å²) in [6.45, 7) is 0.389. The Morgan fingerprint density at radius 1 is 0.871 bits per heavy atom. The maximum absolute atomic E-state index is 12.5. The van der Waals surface area contributed by atoms with Crippen molar-refractivity contribution in [3.05, 3.63) is 96.2 Å². The van der Waals surface area contributed by atoms with Crippen molar-refractivity contribution in [2.75, 3.05) is 13.2 Å². The molecule has 0 spiro atoms. The first-order chi connectivity index (χ1) is 15.2. The lowest BCUT2D eigenvalue weighted by Gasteiger charge is -2.15. The van der Waals surface area contributed by atoms with Crippen LogP contribution in [-0.2, 0) is 11.2 Å². The van der Waals surface area contributed by atoms with E-state index < -0.39 is 0 Å².